The Balaban J connectivity index is 2.34. The fourth-order valence-electron chi connectivity index (χ4n) is 3.91. The SMILES string of the molecule is CCCCCc1cc(O)c(C2C=C(CO)CCC2C(C)C)c(O)c1. The molecule has 1 aromatic carbocycles. The zero-order valence-corrected chi connectivity index (χ0v) is 15.3. The van der Waals surface area contributed by atoms with E-state index in [9.17, 15) is 15.3 Å². The van der Waals surface area contributed by atoms with E-state index in [1.165, 1.54) is 0 Å². The van der Waals surface area contributed by atoms with Crippen LogP contribution in [0.3, 0.4) is 0 Å². The maximum absolute atomic E-state index is 10.6. The van der Waals surface area contributed by atoms with Crippen LogP contribution in [-0.4, -0.2) is 21.9 Å². The van der Waals surface area contributed by atoms with Crippen molar-refractivity contribution in [3.05, 3.63) is 34.9 Å². The van der Waals surface area contributed by atoms with E-state index in [0.717, 1.165) is 49.7 Å². The van der Waals surface area contributed by atoms with E-state index < -0.39 is 0 Å². The molecule has 134 valence electrons. The summed E-state index contributed by atoms with van der Waals surface area (Å²) in [5, 5.41) is 30.7. The van der Waals surface area contributed by atoms with Crippen molar-refractivity contribution in [2.45, 2.75) is 65.2 Å². The molecule has 0 spiro atoms. The van der Waals surface area contributed by atoms with Gasteiger partial charge in [-0.15, -0.1) is 0 Å². The molecule has 0 bridgehead atoms. The van der Waals surface area contributed by atoms with E-state index in [2.05, 4.69) is 26.8 Å². The fraction of sp³-hybridized carbons (Fsp3) is 0.619. The highest BCUT2D eigenvalue weighted by atomic mass is 16.3. The van der Waals surface area contributed by atoms with Crippen molar-refractivity contribution in [3.8, 4) is 11.5 Å². The number of phenols is 2. The van der Waals surface area contributed by atoms with Gasteiger partial charge in [0, 0.05) is 11.5 Å². The van der Waals surface area contributed by atoms with Gasteiger partial charge in [-0.05, 0) is 60.8 Å². The fourth-order valence-corrected chi connectivity index (χ4v) is 3.91. The van der Waals surface area contributed by atoms with Crippen LogP contribution in [0.15, 0.2) is 23.8 Å². The van der Waals surface area contributed by atoms with Gasteiger partial charge in [0.1, 0.15) is 11.5 Å². The van der Waals surface area contributed by atoms with Crippen molar-refractivity contribution in [2.75, 3.05) is 6.61 Å². The number of aryl methyl sites for hydroxylation is 1. The van der Waals surface area contributed by atoms with Crippen LogP contribution < -0.4 is 0 Å². The topological polar surface area (TPSA) is 60.7 Å². The van der Waals surface area contributed by atoms with Crippen LogP contribution in [0.5, 0.6) is 11.5 Å². The van der Waals surface area contributed by atoms with Gasteiger partial charge >= 0.3 is 0 Å². The number of unbranched alkanes of at least 4 members (excludes halogenated alkanes) is 2. The lowest BCUT2D eigenvalue weighted by Crippen LogP contribution is -2.22. The predicted octanol–water partition coefficient (Wildman–Crippen LogP) is 4.90. The summed E-state index contributed by atoms with van der Waals surface area (Å²) < 4.78 is 0. The third-order valence-corrected chi connectivity index (χ3v) is 5.33. The summed E-state index contributed by atoms with van der Waals surface area (Å²) in [6, 6.07) is 3.62. The Morgan fingerprint density at radius 2 is 1.79 bits per heavy atom. The highest BCUT2D eigenvalue weighted by Crippen LogP contribution is 2.46. The van der Waals surface area contributed by atoms with Crippen molar-refractivity contribution in [1.29, 1.82) is 0 Å². The molecule has 3 N–H and O–H groups in total. The van der Waals surface area contributed by atoms with Crippen molar-refractivity contribution in [3.63, 3.8) is 0 Å². The molecule has 1 aliphatic rings. The van der Waals surface area contributed by atoms with Crippen LogP contribution in [0.1, 0.15) is 69.9 Å². The van der Waals surface area contributed by atoms with E-state index in [4.69, 9.17) is 0 Å². The number of hydrogen-bond acceptors (Lipinski definition) is 3. The number of aliphatic hydroxyl groups is 1. The third-order valence-electron chi connectivity index (χ3n) is 5.33. The monoisotopic (exact) mass is 332 g/mol. The van der Waals surface area contributed by atoms with E-state index in [-0.39, 0.29) is 24.0 Å². The zero-order chi connectivity index (χ0) is 17.7. The Hall–Kier alpha value is -1.48. The Morgan fingerprint density at radius 1 is 1.12 bits per heavy atom. The first-order valence-electron chi connectivity index (χ1n) is 9.33. The molecular formula is C21H32O3. The molecule has 3 heteroatoms. The standard InChI is InChI=1S/C21H32O3/c1-4-5-6-7-15-11-19(23)21(20(24)12-15)18-10-16(13-22)8-9-17(18)14(2)3/h10-12,14,17-18,22-24H,4-9,13H2,1-3H3. The Kier molecular flexibility index (Phi) is 6.73. The summed E-state index contributed by atoms with van der Waals surface area (Å²) in [5.74, 6) is 1.16. The van der Waals surface area contributed by atoms with Gasteiger partial charge in [0.2, 0.25) is 0 Å². The largest absolute Gasteiger partial charge is 0.507 e. The second-order valence-electron chi connectivity index (χ2n) is 7.46. The first-order valence-corrected chi connectivity index (χ1v) is 9.33. The van der Waals surface area contributed by atoms with Gasteiger partial charge < -0.3 is 15.3 Å². The molecule has 0 aliphatic heterocycles. The minimum atomic E-state index is -0.0365. The Labute approximate surface area is 146 Å². The molecule has 0 amide bonds. The summed E-state index contributed by atoms with van der Waals surface area (Å²) in [4.78, 5) is 0. The molecule has 0 saturated carbocycles. The maximum atomic E-state index is 10.6. The number of allylic oxidation sites excluding steroid dienone is 1. The summed E-state index contributed by atoms with van der Waals surface area (Å²) >= 11 is 0. The molecule has 0 aromatic heterocycles. The molecule has 0 fully saturated rings. The second-order valence-corrected chi connectivity index (χ2v) is 7.46. The average molecular weight is 332 g/mol. The smallest absolute Gasteiger partial charge is 0.123 e. The van der Waals surface area contributed by atoms with Crippen molar-refractivity contribution in [2.24, 2.45) is 11.8 Å². The minimum absolute atomic E-state index is 0.0365. The Bertz CT molecular complexity index is 551. The number of rotatable bonds is 7. The molecule has 2 rings (SSSR count). The average Bonchev–Trinajstić information content (AvgIpc) is 2.54. The van der Waals surface area contributed by atoms with Crippen LogP contribution in [-0.2, 0) is 6.42 Å². The molecule has 1 aliphatic carbocycles. The first kappa shape index (κ1) is 18.9. The predicted molar refractivity (Wildman–Crippen MR) is 98.5 cm³/mol. The molecule has 0 radical (unpaired) electrons. The van der Waals surface area contributed by atoms with Gasteiger partial charge in [-0.25, -0.2) is 0 Å². The highest BCUT2D eigenvalue weighted by Gasteiger charge is 2.32. The molecule has 3 nitrogen and oxygen atoms in total. The maximum Gasteiger partial charge on any atom is 0.123 e. The van der Waals surface area contributed by atoms with Crippen LogP contribution in [0.25, 0.3) is 0 Å². The molecular weight excluding hydrogens is 300 g/mol. The third kappa shape index (κ3) is 4.32. The number of benzene rings is 1. The highest BCUT2D eigenvalue weighted by molar-refractivity contribution is 5.51. The lowest BCUT2D eigenvalue weighted by atomic mass is 9.71. The van der Waals surface area contributed by atoms with Crippen LogP contribution in [0.2, 0.25) is 0 Å². The molecule has 2 unspecified atom stereocenters. The normalized spacial score (nSPS) is 21.1. The van der Waals surface area contributed by atoms with Crippen LogP contribution >= 0.6 is 0 Å². The van der Waals surface area contributed by atoms with E-state index in [1.807, 2.05) is 12.1 Å². The lowest BCUT2D eigenvalue weighted by molar-refractivity contribution is 0.277. The number of aromatic hydroxyl groups is 2. The first-order chi connectivity index (χ1) is 11.5. The van der Waals surface area contributed by atoms with Crippen molar-refractivity contribution < 1.29 is 15.3 Å². The lowest BCUT2D eigenvalue weighted by Gasteiger charge is -2.34. The zero-order valence-electron chi connectivity index (χ0n) is 15.3. The molecule has 2 atom stereocenters. The van der Waals surface area contributed by atoms with E-state index in [0.29, 0.717) is 17.4 Å². The number of aliphatic hydroxyl groups excluding tert-OH is 1. The number of phenolic OH excluding ortho intramolecular Hbond substituents is 2. The van der Waals surface area contributed by atoms with Gasteiger partial charge in [0.05, 0.1) is 6.61 Å². The van der Waals surface area contributed by atoms with Crippen LogP contribution in [0.4, 0.5) is 0 Å². The van der Waals surface area contributed by atoms with Gasteiger partial charge in [-0.1, -0.05) is 39.7 Å². The number of hydrogen-bond donors (Lipinski definition) is 3. The quantitative estimate of drug-likeness (QED) is 0.492. The van der Waals surface area contributed by atoms with Gasteiger partial charge in [0.15, 0.2) is 0 Å². The summed E-state index contributed by atoms with van der Waals surface area (Å²) in [7, 11) is 0. The molecule has 24 heavy (non-hydrogen) atoms. The van der Waals surface area contributed by atoms with Gasteiger partial charge in [-0.2, -0.15) is 0 Å². The minimum Gasteiger partial charge on any atom is -0.507 e. The summed E-state index contributed by atoms with van der Waals surface area (Å²) in [6.45, 7) is 6.58. The second kappa shape index (κ2) is 8.57. The van der Waals surface area contributed by atoms with Crippen LogP contribution in [0, 0.1) is 11.8 Å². The van der Waals surface area contributed by atoms with E-state index >= 15 is 0 Å². The molecule has 0 saturated heterocycles. The van der Waals surface area contributed by atoms with Crippen molar-refractivity contribution in [1.82, 2.24) is 0 Å². The van der Waals surface area contributed by atoms with Gasteiger partial charge in [0.25, 0.3) is 0 Å². The van der Waals surface area contributed by atoms with Gasteiger partial charge in [-0.3, -0.25) is 0 Å². The van der Waals surface area contributed by atoms with E-state index in [1.54, 1.807) is 0 Å². The summed E-state index contributed by atoms with van der Waals surface area (Å²) in [5.41, 5.74) is 2.62. The molecule has 0 heterocycles. The Morgan fingerprint density at radius 3 is 2.33 bits per heavy atom. The molecule has 1 aromatic rings. The van der Waals surface area contributed by atoms with Crippen molar-refractivity contribution >= 4 is 0 Å². The summed E-state index contributed by atoms with van der Waals surface area (Å²) in [6.07, 6.45) is 8.19.